The molecule has 0 aliphatic heterocycles. The monoisotopic (exact) mass is 279 g/mol. The number of halogens is 1. The lowest BCUT2D eigenvalue weighted by Crippen LogP contribution is -2.10. The van der Waals surface area contributed by atoms with Crippen LogP contribution >= 0.6 is 11.6 Å². The summed E-state index contributed by atoms with van der Waals surface area (Å²) in [6.07, 6.45) is 1.76. The van der Waals surface area contributed by atoms with Gasteiger partial charge in [-0.2, -0.15) is 0 Å². The Kier molecular flexibility index (Phi) is 5.45. The van der Waals surface area contributed by atoms with Crippen molar-refractivity contribution in [2.24, 2.45) is 0 Å². The van der Waals surface area contributed by atoms with E-state index in [2.05, 4.69) is 12.2 Å². The zero-order valence-corrected chi connectivity index (χ0v) is 11.7. The summed E-state index contributed by atoms with van der Waals surface area (Å²) in [4.78, 5) is 0. The predicted octanol–water partition coefficient (Wildman–Crippen LogP) is 3.76. The van der Waals surface area contributed by atoms with Crippen molar-refractivity contribution in [1.29, 1.82) is 0 Å². The lowest BCUT2D eigenvalue weighted by molar-refractivity contribution is 0.0929. The number of hydrogen-bond acceptors (Lipinski definition) is 3. The van der Waals surface area contributed by atoms with E-state index in [1.54, 1.807) is 6.26 Å². The van der Waals surface area contributed by atoms with E-state index in [0.29, 0.717) is 13.2 Å². The number of hydrogen-bond donors (Lipinski definition) is 1. The fraction of sp³-hybridized carbons (Fsp3) is 0.333. The largest absolute Gasteiger partial charge is 0.467 e. The summed E-state index contributed by atoms with van der Waals surface area (Å²) in [5, 5.41) is 3.98. The molecular weight excluding hydrogens is 262 g/mol. The summed E-state index contributed by atoms with van der Waals surface area (Å²) < 4.78 is 11.0. The molecule has 19 heavy (non-hydrogen) atoms. The molecule has 1 aromatic heterocycles. The minimum Gasteiger partial charge on any atom is -0.467 e. The molecule has 0 aliphatic rings. The molecule has 2 rings (SSSR count). The van der Waals surface area contributed by atoms with Gasteiger partial charge in [-0.05, 0) is 30.3 Å². The van der Waals surface area contributed by atoms with Gasteiger partial charge in [0.1, 0.15) is 12.4 Å². The number of nitrogens with one attached hydrogen (secondary N) is 1. The number of furan rings is 1. The molecule has 0 unspecified atom stereocenters. The summed E-state index contributed by atoms with van der Waals surface area (Å²) in [6, 6.07) is 9.68. The zero-order valence-electron chi connectivity index (χ0n) is 11.0. The third-order valence-corrected chi connectivity index (χ3v) is 2.92. The molecule has 0 saturated heterocycles. The molecule has 0 amide bonds. The van der Waals surface area contributed by atoms with Crippen LogP contribution < -0.4 is 5.32 Å². The van der Waals surface area contributed by atoms with E-state index in [-0.39, 0.29) is 0 Å². The maximum absolute atomic E-state index is 5.91. The average molecular weight is 280 g/mol. The van der Waals surface area contributed by atoms with Crippen molar-refractivity contribution in [1.82, 2.24) is 5.32 Å². The first-order valence-corrected chi connectivity index (χ1v) is 6.75. The molecule has 102 valence electrons. The molecule has 0 saturated carbocycles. The van der Waals surface area contributed by atoms with E-state index >= 15 is 0 Å². The van der Waals surface area contributed by atoms with Crippen LogP contribution in [0.15, 0.2) is 41.0 Å². The van der Waals surface area contributed by atoms with Crippen molar-refractivity contribution < 1.29 is 9.15 Å². The number of ether oxygens (including phenoxy) is 1. The second kappa shape index (κ2) is 7.34. The highest BCUT2D eigenvalue weighted by Crippen LogP contribution is 2.13. The van der Waals surface area contributed by atoms with Crippen molar-refractivity contribution >= 4 is 11.6 Å². The van der Waals surface area contributed by atoms with Gasteiger partial charge in [0, 0.05) is 17.1 Å². The molecule has 3 nitrogen and oxygen atoms in total. The third kappa shape index (κ3) is 4.71. The molecule has 0 fully saturated rings. The van der Waals surface area contributed by atoms with E-state index in [0.717, 1.165) is 35.0 Å². The van der Waals surface area contributed by atoms with Crippen LogP contribution in [0, 0.1) is 0 Å². The van der Waals surface area contributed by atoms with Crippen LogP contribution in [0.5, 0.6) is 0 Å². The average Bonchev–Trinajstić information content (AvgIpc) is 2.84. The quantitative estimate of drug-likeness (QED) is 0.838. The van der Waals surface area contributed by atoms with Crippen molar-refractivity contribution in [3.05, 3.63) is 58.5 Å². The highest BCUT2D eigenvalue weighted by Gasteiger charge is 2.02. The van der Waals surface area contributed by atoms with E-state index in [9.17, 15) is 0 Å². The molecule has 4 heteroatoms. The van der Waals surface area contributed by atoms with Crippen LogP contribution in [0.4, 0.5) is 0 Å². The Balaban J connectivity index is 1.77. The van der Waals surface area contributed by atoms with E-state index in [1.165, 1.54) is 0 Å². The van der Waals surface area contributed by atoms with Crippen molar-refractivity contribution in [2.45, 2.75) is 26.7 Å². The van der Waals surface area contributed by atoms with Crippen LogP contribution in [0.3, 0.4) is 0 Å². The van der Waals surface area contributed by atoms with Gasteiger partial charge in [0.15, 0.2) is 0 Å². The molecule has 1 aromatic carbocycles. The Bertz CT molecular complexity index is 510. The van der Waals surface area contributed by atoms with Gasteiger partial charge in [-0.15, -0.1) is 0 Å². The minimum atomic E-state index is 0.471. The second-order valence-electron chi connectivity index (χ2n) is 4.32. The minimum absolute atomic E-state index is 0.471. The molecule has 0 aliphatic carbocycles. The molecule has 0 radical (unpaired) electrons. The van der Waals surface area contributed by atoms with Crippen molar-refractivity contribution in [3.63, 3.8) is 0 Å². The molecule has 2 aromatic rings. The molecule has 0 bridgehead atoms. The molecule has 0 spiro atoms. The van der Waals surface area contributed by atoms with Crippen LogP contribution in [0.1, 0.15) is 23.8 Å². The Morgan fingerprint density at radius 2 is 2.11 bits per heavy atom. The van der Waals surface area contributed by atoms with E-state index in [1.807, 2.05) is 30.3 Å². The normalized spacial score (nSPS) is 10.8. The molecule has 0 atom stereocenters. The Hall–Kier alpha value is -1.29. The Morgan fingerprint density at radius 1 is 1.21 bits per heavy atom. The van der Waals surface area contributed by atoms with Crippen LogP contribution in [0.25, 0.3) is 0 Å². The first kappa shape index (κ1) is 14.1. The van der Waals surface area contributed by atoms with Gasteiger partial charge in [0.05, 0.1) is 12.9 Å². The highest BCUT2D eigenvalue weighted by molar-refractivity contribution is 6.30. The van der Waals surface area contributed by atoms with Gasteiger partial charge in [-0.3, -0.25) is 0 Å². The summed E-state index contributed by atoms with van der Waals surface area (Å²) in [5.41, 5.74) is 2.20. The maximum atomic E-state index is 5.91. The Morgan fingerprint density at radius 3 is 2.89 bits per heavy atom. The zero-order chi connectivity index (χ0) is 13.5. The Labute approximate surface area is 118 Å². The van der Waals surface area contributed by atoms with E-state index < -0.39 is 0 Å². The number of rotatable bonds is 7. The lowest BCUT2D eigenvalue weighted by Gasteiger charge is -2.02. The number of benzene rings is 1. The fourth-order valence-electron chi connectivity index (χ4n) is 1.76. The first-order chi connectivity index (χ1) is 9.28. The van der Waals surface area contributed by atoms with Crippen LogP contribution in [0.2, 0.25) is 5.02 Å². The van der Waals surface area contributed by atoms with Gasteiger partial charge >= 0.3 is 0 Å². The summed E-state index contributed by atoms with van der Waals surface area (Å²) >= 11 is 5.91. The topological polar surface area (TPSA) is 34.4 Å². The third-order valence-electron chi connectivity index (χ3n) is 2.69. The van der Waals surface area contributed by atoms with Gasteiger partial charge < -0.3 is 14.5 Å². The van der Waals surface area contributed by atoms with Gasteiger partial charge in [0.2, 0.25) is 0 Å². The standard InChI is InChI=1S/C15H18ClNO2/c1-2-17-8-13-7-15(19-10-13)11-18-9-12-4-3-5-14(16)6-12/h3-7,10,17H,2,8-9,11H2,1H3. The summed E-state index contributed by atoms with van der Waals surface area (Å²) in [6.45, 7) is 4.86. The van der Waals surface area contributed by atoms with Gasteiger partial charge in [-0.25, -0.2) is 0 Å². The molecule has 1 heterocycles. The van der Waals surface area contributed by atoms with Gasteiger partial charge in [0.25, 0.3) is 0 Å². The maximum Gasteiger partial charge on any atom is 0.129 e. The predicted molar refractivity (Wildman–Crippen MR) is 76.0 cm³/mol. The molecule has 1 N–H and O–H groups in total. The fourth-order valence-corrected chi connectivity index (χ4v) is 1.97. The smallest absolute Gasteiger partial charge is 0.129 e. The van der Waals surface area contributed by atoms with Crippen LogP contribution in [-0.4, -0.2) is 6.54 Å². The second-order valence-corrected chi connectivity index (χ2v) is 4.76. The lowest BCUT2D eigenvalue weighted by atomic mass is 10.2. The van der Waals surface area contributed by atoms with Gasteiger partial charge in [-0.1, -0.05) is 30.7 Å². The molecular formula is C15H18ClNO2. The van der Waals surface area contributed by atoms with E-state index in [4.69, 9.17) is 20.8 Å². The first-order valence-electron chi connectivity index (χ1n) is 6.37. The van der Waals surface area contributed by atoms with Crippen molar-refractivity contribution in [2.75, 3.05) is 6.54 Å². The summed E-state index contributed by atoms with van der Waals surface area (Å²) in [7, 11) is 0. The van der Waals surface area contributed by atoms with Crippen molar-refractivity contribution in [3.8, 4) is 0 Å². The summed E-state index contributed by atoms with van der Waals surface area (Å²) in [5.74, 6) is 0.843. The van der Waals surface area contributed by atoms with Crippen LogP contribution in [-0.2, 0) is 24.5 Å². The highest BCUT2D eigenvalue weighted by atomic mass is 35.5. The SMILES string of the molecule is CCNCc1coc(COCc2cccc(Cl)c2)c1.